The van der Waals surface area contributed by atoms with E-state index in [0.29, 0.717) is 45.8 Å². The Morgan fingerprint density at radius 3 is 2.50 bits per heavy atom. The van der Waals surface area contributed by atoms with Crippen LogP contribution in [0, 0.1) is 35.3 Å². The maximum absolute atomic E-state index is 15.6. The number of halogens is 3. The van der Waals surface area contributed by atoms with Gasteiger partial charge in [-0.25, -0.2) is 23.5 Å². The lowest BCUT2D eigenvalue weighted by atomic mass is 10.0. The predicted octanol–water partition coefficient (Wildman–Crippen LogP) is 7.17. The number of fused-ring (bicyclic) bond motifs is 1. The first-order chi connectivity index (χ1) is 21.2. The summed E-state index contributed by atoms with van der Waals surface area (Å²) in [6.45, 7) is 1.52. The number of aromatic carboxylic acids is 1. The van der Waals surface area contributed by atoms with Gasteiger partial charge in [0.2, 0.25) is 5.88 Å². The van der Waals surface area contributed by atoms with Crippen LogP contribution in [0.15, 0.2) is 66.7 Å². The molecule has 3 aromatic carbocycles. The number of aromatic nitrogens is 3. The third-order valence-corrected chi connectivity index (χ3v) is 8.08. The van der Waals surface area contributed by atoms with Gasteiger partial charge in [-0.05, 0) is 67.3 Å². The van der Waals surface area contributed by atoms with E-state index >= 15 is 4.39 Å². The molecule has 0 unspecified atom stereocenters. The van der Waals surface area contributed by atoms with Crippen LogP contribution in [0.25, 0.3) is 22.3 Å². The van der Waals surface area contributed by atoms with Crippen LogP contribution >= 0.6 is 0 Å². The first kappa shape index (κ1) is 28.9. The number of carboxylic acids is 1. The van der Waals surface area contributed by atoms with Crippen molar-refractivity contribution in [3.8, 4) is 23.2 Å². The fourth-order valence-corrected chi connectivity index (χ4v) is 5.28. The standard InChI is InChI=1S/C34H27F3N4O3/c1-20-11-25(33(42)43)14-29-32(20)40-30(41(29)19-34(18-35)9-10-34)15-22-7-8-23(13-27(22)37)28-3-2-4-31(39-28)44-17-24-6-5-21(16-38)12-26(24)36/h2-8,11-14H,9-10,15,17-19H2,1H3,(H,42,43). The van der Waals surface area contributed by atoms with E-state index in [1.54, 1.807) is 49.4 Å². The number of hydrogen-bond acceptors (Lipinski definition) is 5. The number of ether oxygens (including phenoxy) is 1. The number of carbonyl (C=O) groups is 1. The first-order valence-electron chi connectivity index (χ1n) is 14.0. The smallest absolute Gasteiger partial charge is 0.335 e. The molecule has 0 bridgehead atoms. The summed E-state index contributed by atoms with van der Waals surface area (Å²) >= 11 is 0. The molecule has 2 heterocycles. The van der Waals surface area contributed by atoms with Crippen molar-refractivity contribution in [2.75, 3.05) is 6.67 Å². The molecular weight excluding hydrogens is 569 g/mol. The van der Waals surface area contributed by atoms with Gasteiger partial charge in [0.1, 0.15) is 24.1 Å². The van der Waals surface area contributed by atoms with E-state index in [4.69, 9.17) is 15.0 Å². The minimum Gasteiger partial charge on any atom is -0.478 e. The zero-order valence-electron chi connectivity index (χ0n) is 23.8. The predicted molar refractivity (Wildman–Crippen MR) is 157 cm³/mol. The molecule has 1 aliphatic carbocycles. The molecule has 0 aliphatic heterocycles. The molecular formula is C34H27F3N4O3. The van der Waals surface area contributed by atoms with Crippen LogP contribution in [0.3, 0.4) is 0 Å². The molecule has 1 saturated carbocycles. The highest BCUT2D eigenvalue weighted by molar-refractivity contribution is 5.94. The summed E-state index contributed by atoms with van der Waals surface area (Å²) in [5, 5.41) is 18.5. The second-order valence-corrected chi connectivity index (χ2v) is 11.3. The SMILES string of the molecule is Cc1cc(C(=O)O)cc2c1nc(Cc1ccc(-c3cccc(OCc4ccc(C#N)cc4F)n3)cc1F)n2CC1(CF)CC1. The molecule has 6 rings (SSSR count). The third kappa shape index (κ3) is 5.73. The number of carboxylic acid groups (broad SMARTS) is 1. The number of aryl methyl sites for hydroxylation is 1. The number of benzene rings is 3. The van der Waals surface area contributed by atoms with Crippen molar-refractivity contribution < 1.29 is 27.8 Å². The maximum Gasteiger partial charge on any atom is 0.335 e. The molecule has 1 fully saturated rings. The minimum atomic E-state index is -1.07. The Bertz CT molecular complexity index is 1960. The third-order valence-electron chi connectivity index (χ3n) is 8.08. The molecule has 5 aromatic rings. The van der Waals surface area contributed by atoms with Gasteiger partial charge in [0.05, 0.1) is 40.6 Å². The van der Waals surface area contributed by atoms with Crippen LogP contribution in [0.1, 0.15) is 51.3 Å². The van der Waals surface area contributed by atoms with Crippen molar-refractivity contribution in [3.05, 3.63) is 112 Å². The summed E-state index contributed by atoms with van der Waals surface area (Å²) in [4.78, 5) is 20.9. The van der Waals surface area contributed by atoms with Crippen molar-refractivity contribution in [2.45, 2.75) is 39.3 Å². The Labute approximate surface area is 251 Å². The first-order valence-corrected chi connectivity index (χ1v) is 14.0. The number of pyridine rings is 1. The fourth-order valence-electron chi connectivity index (χ4n) is 5.28. The number of nitriles is 1. The van der Waals surface area contributed by atoms with E-state index in [2.05, 4.69) is 4.98 Å². The van der Waals surface area contributed by atoms with E-state index in [0.717, 1.165) is 18.9 Å². The number of alkyl halides is 1. The van der Waals surface area contributed by atoms with Crippen molar-refractivity contribution >= 4 is 17.0 Å². The molecule has 0 amide bonds. The van der Waals surface area contributed by atoms with Crippen molar-refractivity contribution in [1.82, 2.24) is 14.5 Å². The van der Waals surface area contributed by atoms with Crippen molar-refractivity contribution in [2.24, 2.45) is 5.41 Å². The van der Waals surface area contributed by atoms with Crippen molar-refractivity contribution in [1.29, 1.82) is 5.26 Å². The summed E-state index contributed by atoms with van der Waals surface area (Å²) in [5.41, 5.74) is 3.30. The van der Waals surface area contributed by atoms with Crippen LogP contribution in [-0.2, 0) is 19.6 Å². The summed E-state index contributed by atoms with van der Waals surface area (Å²) in [6, 6.07) is 18.9. The molecule has 10 heteroatoms. The zero-order chi connectivity index (χ0) is 31.0. The normalized spacial score (nSPS) is 13.5. The van der Waals surface area contributed by atoms with Crippen molar-refractivity contribution in [3.63, 3.8) is 0 Å². The van der Waals surface area contributed by atoms with Gasteiger partial charge < -0.3 is 14.4 Å². The lowest BCUT2D eigenvalue weighted by Crippen LogP contribution is -2.16. The van der Waals surface area contributed by atoms with E-state index in [9.17, 15) is 18.7 Å². The number of hydrogen-bond donors (Lipinski definition) is 1. The molecule has 1 N–H and O–H groups in total. The zero-order valence-corrected chi connectivity index (χ0v) is 23.8. The molecule has 44 heavy (non-hydrogen) atoms. The average molecular weight is 597 g/mol. The molecule has 222 valence electrons. The van der Waals surface area contributed by atoms with Gasteiger partial charge >= 0.3 is 5.97 Å². The monoisotopic (exact) mass is 596 g/mol. The molecule has 0 spiro atoms. The molecule has 7 nitrogen and oxygen atoms in total. The Balaban J connectivity index is 1.26. The molecule has 0 radical (unpaired) electrons. The Hall–Kier alpha value is -5.17. The second kappa shape index (κ2) is 11.5. The van der Waals surface area contributed by atoms with Gasteiger partial charge in [-0.1, -0.05) is 24.3 Å². The van der Waals surface area contributed by atoms with Gasteiger partial charge in [0, 0.05) is 35.6 Å². The van der Waals surface area contributed by atoms with Crippen LogP contribution in [0.4, 0.5) is 13.2 Å². The minimum absolute atomic E-state index is 0.0978. The maximum atomic E-state index is 15.6. The van der Waals surface area contributed by atoms with Gasteiger partial charge in [0.25, 0.3) is 0 Å². The summed E-state index contributed by atoms with van der Waals surface area (Å²) in [6.07, 6.45) is 1.57. The highest BCUT2D eigenvalue weighted by Crippen LogP contribution is 2.48. The average Bonchev–Trinajstić information content (AvgIpc) is 3.72. The van der Waals surface area contributed by atoms with Crippen LogP contribution in [-0.4, -0.2) is 32.3 Å². The highest BCUT2D eigenvalue weighted by atomic mass is 19.1. The van der Waals surface area contributed by atoms with E-state index in [1.165, 1.54) is 18.2 Å². The highest BCUT2D eigenvalue weighted by Gasteiger charge is 2.44. The number of rotatable bonds is 10. The summed E-state index contributed by atoms with van der Waals surface area (Å²) in [7, 11) is 0. The Morgan fingerprint density at radius 1 is 1.05 bits per heavy atom. The Morgan fingerprint density at radius 2 is 1.82 bits per heavy atom. The lowest BCUT2D eigenvalue weighted by molar-refractivity contribution is 0.0697. The van der Waals surface area contributed by atoms with E-state index in [1.807, 2.05) is 10.6 Å². The van der Waals surface area contributed by atoms with Crippen LogP contribution in [0.5, 0.6) is 5.88 Å². The molecule has 0 saturated heterocycles. The number of nitrogens with zero attached hydrogens (tertiary/aromatic N) is 4. The van der Waals surface area contributed by atoms with E-state index < -0.39 is 29.7 Å². The Kier molecular flexibility index (Phi) is 7.55. The second-order valence-electron chi connectivity index (χ2n) is 11.3. The largest absolute Gasteiger partial charge is 0.478 e. The molecule has 2 aromatic heterocycles. The van der Waals surface area contributed by atoms with Crippen LogP contribution < -0.4 is 4.74 Å². The van der Waals surface area contributed by atoms with Gasteiger partial charge in [-0.15, -0.1) is 0 Å². The van der Waals surface area contributed by atoms with Gasteiger partial charge in [0.15, 0.2) is 0 Å². The van der Waals surface area contributed by atoms with Gasteiger partial charge in [-0.3, -0.25) is 4.39 Å². The van der Waals surface area contributed by atoms with E-state index in [-0.39, 0.29) is 35.6 Å². The molecule has 0 atom stereocenters. The lowest BCUT2D eigenvalue weighted by Gasteiger charge is -2.16. The quantitative estimate of drug-likeness (QED) is 0.183. The molecule has 1 aliphatic rings. The summed E-state index contributed by atoms with van der Waals surface area (Å²) < 4.78 is 51.2. The fraction of sp³-hybridized carbons (Fsp3) is 0.235. The van der Waals surface area contributed by atoms with Crippen LogP contribution in [0.2, 0.25) is 0 Å². The summed E-state index contributed by atoms with van der Waals surface area (Å²) in [5.74, 6) is -1.35. The number of imidazole rings is 1. The van der Waals surface area contributed by atoms with Gasteiger partial charge in [-0.2, -0.15) is 5.26 Å². The topological polar surface area (TPSA) is 101 Å².